The second-order valence-corrected chi connectivity index (χ2v) is 5.19. The van der Waals surface area contributed by atoms with Crippen LogP contribution in [0.1, 0.15) is 55.2 Å². The summed E-state index contributed by atoms with van der Waals surface area (Å²) in [5.41, 5.74) is -0.0131. The predicted octanol–water partition coefficient (Wildman–Crippen LogP) is 1.01. The molecule has 0 radical (unpaired) electrons. The third-order valence-electron chi connectivity index (χ3n) is 2.88. The first kappa shape index (κ1) is 12.0. The third kappa shape index (κ3) is 2.82. The molecule has 1 aromatic heterocycles. The molecule has 0 aromatic carbocycles. The highest BCUT2D eigenvalue weighted by Crippen LogP contribution is 2.41. The molecule has 17 heavy (non-hydrogen) atoms. The van der Waals surface area contributed by atoms with Crippen LogP contribution in [-0.4, -0.2) is 36.8 Å². The van der Waals surface area contributed by atoms with E-state index < -0.39 is 11.6 Å². The van der Waals surface area contributed by atoms with E-state index in [1.165, 1.54) is 0 Å². The van der Waals surface area contributed by atoms with Crippen LogP contribution >= 0.6 is 0 Å². The molecule has 0 spiro atoms. The number of nitrogens with zero attached hydrogens (tertiary/aromatic N) is 3. The van der Waals surface area contributed by atoms with Gasteiger partial charge < -0.3 is 10.2 Å². The molecule has 2 N–H and O–H groups in total. The monoisotopic (exact) mass is 239 g/mol. The molecule has 6 nitrogen and oxygen atoms in total. The predicted molar refractivity (Wildman–Crippen MR) is 59.9 cm³/mol. The van der Waals surface area contributed by atoms with Gasteiger partial charge in [-0.25, -0.2) is 9.48 Å². The Balaban J connectivity index is 2.19. The molecule has 94 valence electrons. The van der Waals surface area contributed by atoms with Crippen LogP contribution in [0.3, 0.4) is 0 Å². The van der Waals surface area contributed by atoms with Gasteiger partial charge in [-0.05, 0) is 33.1 Å². The Morgan fingerprint density at radius 1 is 1.53 bits per heavy atom. The molecule has 0 unspecified atom stereocenters. The van der Waals surface area contributed by atoms with Crippen molar-refractivity contribution >= 4 is 5.97 Å². The molecular weight excluding hydrogens is 222 g/mol. The number of rotatable bonds is 5. The van der Waals surface area contributed by atoms with Gasteiger partial charge in [0.15, 0.2) is 5.69 Å². The van der Waals surface area contributed by atoms with Crippen molar-refractivity contribution in [1.82, 2.24) is 15.0 Å². The molecule has 0 saturated heterocycles. The zero-order chi connectivity index (χ0) is 12.6. The van der Waals surface area contributed by atoms with Crippen molar-refractivity contribution < 1.29 is 15.0 Å². The van der Waals surface area contributed by atoms with Crippen LogP contribution in [-0.2, 0) is 6.54 Å². The minimum atomic E-state index is -1.03. The van der Waals surface area contributed by atoms with Crippen LogP contribution < -0.4 is 0 Å². The van der Waals surface area contributed by atoms with Crippen LogP contribution in [0.25, 0.3) is 0 Å². The fourth-order valence-corrected chi connectivity index (χ4v) is 1.78. The number of aryl methyl sites for hydroxylation is 1. The van der Waals surface area contributed by atoms with E-state index in [1.54, 1.807) is 18.5 Å². The Morgan fingerprint density at radius 2 is 2.18 bits per heavy atom. The number of hydrogen-bond donors (Lipinski definition) is 2. The maximum Gasteiger partial charge on any atom is 0.358 e. The maximum absolute atomic E-state index is 11.0. The average Bonchev–Trinajstić information content (AvgIpc) is 2.93. The van der Waals surface area contributed by atoms with E-state index in [-0.39, 0.29) is 11.6 Å². The topological polar surface area (TPSA) is 88.2 Å². The van der Waals surface area contributed by atoms with Crippen molar-refractivity contribution in [3.63, 3.8) is 0 Å². The average molecular weight is 239 g/mol. The SMILES string of the molecule is CC(C)(O)CCn1nnc(C(=O)O)c1C1CC1. The fraction of sp³-hybridized carbons (Fsp3) is 0.727. The Morgan fingerprint density at radius 3 is 2.65 bits per heavy atom. The van der Waals surface area contributed by atoms with Crippen LogP contribution in [0.2, 0.25) is 0 Å². The van der Waals surface area contributed by atoms with Gasteiger partial charge in [-0.1, -0.05) is 5.21 Å². The number of aliphatic hydroxyl groups is 1. The van der Waals surface area contributed by atoms with Gasteiger partial charge in [-0.15, -0.1) is 5.10 Å². The van der Waals surface area contributed by atoms with E-state index in [0.29, 0.717) is 18.7 Å². The number of carboxylic acid groups (broad SMARTS) is 1. The summed E-state index contributed by atoms with van der Waals surface area (Å²) in [6.07, 6.45) is 2.52. The van der Waals surface area contributed by atoms with Gasteiger partial charge in [-0.3, -0.25) is 0 Å². The van der Waals surface area contributed by atoms with Gasteiger partial charge in [0.2, 0.25) is 0 Å². The Kier molecular flexibility index (Phi) is 2.91. The van der Waals surface area contributed by atoms with Crippen molar-refractivity contribution in [3.05, 3.63) is 11.4 Å². The third-order valence-corrected chi connectivity index (χ3v) is 2.88. The number of aromatic carboxylic acids is 1. The fourth-order valence-electron chi connectivity index (χ4n) is 1.78. The Hall–Kier alpha value is -1.43. The molecule has 0 amide bonds. The number of hydrogen-bond acceptors (Lipinski definition) is 4. The second-order valence-electron chi connectivity index (χ2n) is 5.19. The van der Waals surface area contributed by atoms with Gasteiger partial charge in [-0.2, -0.15) is 0 Å². The van der Waals surface area contributed by atoms with Crippen molar-refractivity contribution in [2.24, 2.45) is 0 Å². The highest BCUT2D eigenvalue weighted by Gasteiger charge is 2.33. The van der Waals surface area contributed by atoms with E-state index in [4.69, 9.17) is 5.11 Å². The highest BCUT2D eigenvalue weighted by atomic mass is 16.4. The first-order chi connectivity index (χ1) is 7.88. The maximum atomic E-state index is 11.0. The minimum Gasteiger partial charge on any atom is -0.476 e. The molecule has 0 aliphatic heterocycles. The van der Waals surface area contributed by atoms with E-state index in [0.717, 1.165) is 12.8 Å². The zero-order valence-electron chi connectivity index (χ0n) is 10.1. The highest BCUT2D eigenvalue weighted by molar-refractivity contribution is 5.86. The van der Waals surface area contributed by atoms with E-state index in [2.05, 4.69) is 10.3 Å². The van der Waals surface area contributed by atoms with Gasteiger partial charge in [0.25, 0.3) is 0 Å². The van der Waals surface area contributed by atoms with Gasteiger partial charge >= 0.3 is 5.97 Å². The summed E-state index contributed by atoms with van der Waals surface area (Å²) in [7, 11) is 0. The largest absolute Gasteiger partial charge is 0.476 e. The minimum absolute atomic E-state index is 0.0586. The van der Waals surface area contributed by atoms with E-state index >= 15 is 0 Å². The Bertz CT molecular complexity index is 430. The first-order valence-electron chi connectivity index (χ1n) is 5.77. The van der Waals surface area contributed by atoms with Crippen LogP contribution in [0, 0.1) is 0 Å². The molecule has 0 atom stereocenters. The van der Waals surface area contributed by atoms with Gasteiger partial charge in [0.1, 0.15) is 0 Å². The molecule has 1 fully saturated rings. The summed E-state index contributed by atoms with van der Waals surface area (Å²) in [5, 5.41) is 26.3. The van der Waals surface area contributed by atoms with E-state index in [1.807, 2.05) is 0 Å². The van der Waals surface area contributed by atoms with Crippen molar-refractivity contribution in [1.29, 1.82) is 0 Å². The molecule has 1 heterocycles. The van der Waals surface area contributed by atoms with Gasteiger partial charge in [0, 0.05) is 12.5 Å². The van der Waals surface area contributed by atoms with Crippen LogP contribution in [0.15, 0.2) is 0 Å². The summed E-state index contributed by atoms with van der Waals surface area (Å²) in [4.78, 5) is 11.0. The lowest BCUT2D eigenvalue weighted by atomic mass is 10.1. The summed E-state index contributed by atoms with van der Waals surface area (Å²) < 4.78 is 1.62. The molecule has 1 aliphatic rings. The van der Waals surface area contributed by atoms with Crippen molar-refractivity contribution in [2.45, 2.75) is 51.2 Å². The standard InChI is InChI=1S/C11H17N3O3/c1-11(2,17)5-6-14-9(7-3-4-7)8(10(15)16)12-13-14/h7,17H,3-6H2,1-2H3,(H,15,16). The smallest absolute Gasteiger partial charge is 0.358 e. The lowest BCUT2D eigenvalue weighted by molar-refractivity contribution is 0.0646. The zero-order valence-corrected chi connectivity index (χ0v) is 10.1. The summed E-state index contributed by atoms with van der Waals surface area (Å²) in [6, 6.07) is 0. The Labute approximate surface area is 99.3 Å². The molecule has 2 rings (SSSR count). The quantitative estimate of drug-likeness (QED) is 0.800. The first-order valence-corrected chi connectivity index (χ1v) is 5.77. The molecule has 1 aromatic rings. The lowest BCUT2D eigenvalue weighted by Crippen LogP contribution is -2.22. The van der Waals surface area contributed by atoms with Crippen LogP contribution in [0.4, 0.5) is 0 Å². The normalized spacial score (nSPS) is 16.2. The second kappa shape index (κ2) is 4.10. The lowest BCUT2D eigenvalue weighted by Gasteiger charge is -2.17. The molecular formula is C11H17N3O3. The molecule has 6 heteroatoms. The van der Waals surface area contributed by atoms with Crippen molar-refractivity contribution in [3.8, 4) is 0 Å². The van der Waals surface area contributed by atoms with Crippen LogP contribution in [0.5, 0.6) is 0 Å². The van der Waals surface area contributed by atoms with Crippen molar-refractivity contribution in [2.75, 3.05) is 0 Å². The molecule has 1 aliphatic carbocycles. The summed E-state index contributed by atoms with van der Waals surface area (Å²) >= 11 is 0. The van der Waals surface area contributed by atoms with E-state index in [9.17, 15) is 9.90 Å². The summed E-state index contributed by atoms with van der Waals surface area (Å²) in [5.74, 6) is -0.751. The number of aromatic nitrogens is 3. The summed E-state index contributed by atoms with van der Waals surface area (Å²) in [6.45, 7) is 3.94. The number of carbonyl (C=O) groups is 1. The molecule has 0 bridgehead atoms. The van der Waals surface area contributed by atoms with Gasteiger partial charge in [0.05, 0.1) is 11.3 Å². The number of carboxylic acids is 1. The molecule has 1 saturated carbocycles.